The van der Waals surface area contributed by atoms with Crippen molar-refractivity contribution in [2.75, 3.05) is 6.61 Å². The lowest BCUT2D eigenvalue weighted by molar-refractivity contribution is 0.139. The maximum absolute atomic E-state index is 11.5. The number of ether oxygens (including phenoxy) is 1. The van der Waals surface area contributed by atoms with Crippen LogP contribution < -0.4 is 0 Å². The first-order chi connectivity index (χ1) is 9.68. The van der Waals surface area contributed by atoms with Crippen LogP contribution in [0.15, 0.2) is 60.7 Å². The van der Waals surface area contributed by atoms with E-state index in [1.807, 2.05) is 60.7 Å². The molecule has 0 saturated heterocycles. The molecule has 0 aliphatic carbocycles. The van der Waals surface area contributed by atoms with Crippen LogP contribution in [0.4, 0.5) is 4.79 Å². The fraction of sp³-hybridized carbons (Fsp3) is 0.133. The number of rotatable bonds is 4. The minimum Gasteiger partial charge on any atom is -0.447 e. The third-order valence-corrected chi connectivity index (χ3v) is 3.27. The summed E-state index contributed by atoms with van der Waals surface area (Å²) in [6, 6.07) is 19.9. The molecule has 2 aromatic carbocycles. The number of carbonyl (C=O) groups excluding carboxylic acids is 1. The van der Waals surface area contributed by atoms with Gasteiger partial charge in [-0.25, -0.2) is 4.79 Å². The fourth-order valence-corrected chi connectivity index (χ4v) is 2.08. The Hall–Kier alpha value is -1.59. The SMILES string of the molecule is O=C(OCC(c1ccccc1)c1ccccc1)N(S)S. The monoisotopic (exact) mass is 305 g/mol. The molecule has 5 heteroatoms. The summed E-state index contributed by atoms with van der Waals surface area (Å²) in [6.45, 7) is 0.241. The lowest BCUT2D eigenvalue weighted by Gasteiger charge is -2.19. The summed E-state index contributed by atoms with van der Waals surface area (Å²) in [7, 11) is 0. The molecular formula is C15H15NO2S2. The van der Waals surface area contributed by atoms with E-state index in [0.717, 1.165) is 14.8 Å². The molecule has 0 aromatic heterocycles. The molecular weight excluding hydrogens is 290 g/mol. The molecule has 0 fully saturated rings. The highest BCUT2D eigenvalue weighted by Crippen LogP contribution is 2.25. The molecule has 0 N–H and O–H groups in total. The molecule has 2 aromatic rings. The lowest BCUT2D eigenvalue weighted by Crippen LogP contribution is -2.18. The van der Waals surface area contributed by atoms with Gasteiger partial charge in [0.2, 0.25) is 0 Å². The van der Waals surface area contributed by atoms with Crippen molar-refractivity contribution in [3.05, 3.63) is 71.8 Å². The summed E-state index contributed by atoms with van der Waals surface area (Å²) in [5.74, 6) is -0.0111. The van der Waals surface area contributed by atoms with Gasteiger partial charge in [0, 0.05) is 5.92 Å². The normalized spacial score (nSPS) is 10.3. The smallest absolute Gasteiger partial charge is 0.429 e. The third kappa shape index (κ3) is 3.95. The maximum Gasteiger partial charge on any atom is 0.429 e. The number of benzene rings is 2. The molecule has 3 nitrogen and oxygen atoms in total. The van der Waals surface area contributed by atoms with Crippen molar-refractivity contribution < 1.29 is 9.53 Å². The average Bonchev–Trinajstić information content (AvgIpc) is 2.49. The van der Waals surface area contributed by atoms with E-state index >= 15 is 0 Å². The highest BCUT2D eigenvalue weighted by atomic mass is 32.2. The van der Waals surface area contributed by atoms with Crippen molar-refractivity contribution >= 4 is 31.7 Å². The maximum atomic E-state index is 11.5. The third-order valence-electron chi connectivity index (χ3n) is 2.94. The quantitative estimate of drug-likeness (QED) is 0.838. The fourth-order valence-electron chi connectivity index (χ4n) is 1.97. The molecule has 20 heavy (non-hydrogen) atoms. The van der Waals surface area contributed by atoms with Crippen molar-refractivity contribution in [1.82, 2.24) is 3.71 Å². The second-order valence-electron chi connectivity index (χ2n) is 4.24. The molecule has 0 saturated carbocycles. The Morgan fingerprint density at radius 1 is 0.950 bits per heavy atom. The van der Waals surface area contributed by atoms with E-state index in [4.69, 9.17) is 4.74 Å². The van der Waals surface area contributed by atoms with E-state index in [9.17, 15) is 4.79 Å². The average molecular weight is 305 g/mol. The Bertz CT molecular complexity index is 507. The van der Waals surface area contributed by atoms with E-state index in [1.54, 1.807) is 0 Å². The molecule has 0 radical (unpaired) electrons. The van der Waals surface area contributed by atoms with Gasteiger partial charge in [-0.2, -0.15) is 3.71 Å². The summed E-state index contributed by atoms with van der Waals surface area (Å²) in [6.07, 6.45) is -0.589. The standard InChI is InChI=1S/C15H15NO2S2/c17-15(16(19)20)18-11-14(12-7-3-1-4-8-12)13-9-5-2-6-10-13/h1-10,14,19-20H,11H2. The first-order valence-electron chi connectivity index (χ1n) is 6.13. The number of hydrogen-bond acceptors (Lipinski definition) is 4. The van der Waals surface area contributed by atoms with Gasteiger partial charge in [0.15, 0.2) is 0 Å². The summed E-state index contributed by atoms with van der Waals surface area (Å²) >= 11 is 7.59. The number of thiol groups is 2. The lowest BCUT2D eigenvalue weighted by atomic mass is 9.92. The second-order valence-corrected chi connectivity index (χ2v) is 5.36. The van der Waals surface area contributed by atoms with Crippen LogP contribution in [0.1, 0.15) is 17.0 Å². The molecule has 0 aliphatic rings. The van der Waals surface area contributed by atoms with Crippen LogP contribution in [0.25, 0.3) is 0 Å². The Labute approximate surface area is 129 Å². The highest BCUT2D eigenvalue weighted by Gasteiger charge is 2.17. The van der Waals surface area contributed by atoms with Crippen LogP contribution in [-0.4, -0.2) is 16.4 Å². The highest BCUT2D eigenvalue weighted by molar-refractivity contribution is 7.94. The van der Waals surface area contributed by atoms with Crippen molar-refractivity contribution in [2.45, 2.75) is 5.92 Å². The van der Waals surface area contributed by atoms with Crippen molar-refractivity contribution in [2.24, 2.45) is 0 Å². The molecule has 0 unspecified atom stereocenters. The largest absolute Gasteiger partial charge is 0.447 e. The van der Waals surface area contributed by atoms with Crippen molar-refractivity contribution in [3.63, 3.8) is 0 Å². The Morgan fingerprint density at radius 2 is 1.40 bits per heavy atom. The predicted molar refractivity (Wildman–Crippen MR) is 85.9 cm³/mol. The number of hydrogen-bond donors (Lipinski definition) is 2. The molecule has 0 atom stereocenters. The zero-order chi connectivity index (χ0) is 14.4. The van der Waals surface area contributed by atoms with E-state index in [2.05, 4.69) is 25.6 Å². The summed E-state index contributed by atoms with van der Waals surface area (Å²) in [5, 5.41) is 0. The number of amides is 1. The van der Waals surface area contributed by atoms with Gasteiger partial charge in [0.25, 0.3) is 0 Å². The van der Waals surface area contributed by atoms with Crippen LogP contribution in [0, 0.1) is 0 Å². The second kappa shape index (κ2) is 7.26. The molecule has 0 bridgehead atoms. The van der Waals surface area contributed by atoms with Gasteiger partial charge in [-0.1, -0.05) is 60.7 Å². The number of carbonyl (C=O) groups is 1. The Kier molecular flexibility index (Phi) is 5.38. The first-order valence-corrected chi connectivity index (χ1v) is 6.93. The van der Waals surface area contributed by atoms with Crippen LogP contribution >= 0.6 is 25.6 Å². The van der Waals surface area contributed by atoms with Gasteiger partial charge in [-0.15, -0.1) is 0 Å². The van der Waals surface area contributed by atoms with Crippen LogP contribution in [0.2, 0.25) is 0 Å². The minimum absolute atomic E-state index is 0.0111. The van der Waals surface area contributed by atoms with Gasteiger partial charge in [-0.05, 0) is 36.8 Å². The number of nitrogens with zero attached hydrogens (tertiary/aromatic N) is 1. The Balaban J connectivity index is 2.20. The molecule has 1 amide bonds. The van der Waals surface area contributed by atoms with Gasteiger partial charge < -0.3 is 4.74 Å². The zero-order valence-electron chi connectivity index (χ0n) is 10.7. The van der Waals surface area contributed by atoms with E-state index in [0.29, 0.717) is 0 Å². The van der Waals surface area contributed by atoms with E-state index in [-0.39, 0.29) is 12.5 Å². The zero-order valence-corrected chi connectivity index (χ0v) is 12.5. The van der Waals surface area contributed by atoms with E-state index in [1.165, 1.54) is 0 Å². The summed E-state index contributed by atoms with van der Waals surface area (Å²) < 4.78 is 6.04. The Morgan fingerprint density at radius 3 is 1.80 bits per heavy atom. The van der Waals surface area contributed by atoms with Gasteiger partial charge in [0.05, 0.1) is 0 Å². The van der Waals surface area contributed by atoms with Crippen molar-refractivity contribution in [1.29, 1.82) is 0 Å². The topological polar surface area (TPSA) is 29.5 Å². The minimum atomic E-state index is -0.589. The van der Waals surface area contributed by atoms with Crippen LogP contribution in [0.5, 0.6) is 0 Å². The van der Waals surface area contributed by atoms with Gasteiger partial charge in [0.1, 0.15) is 6.61 Å². The summed E-state index contributed by atoms with van der Waals surface area (Å²) in [4.78, 5) is 11.5. The molecule has 0 spiro atoms. The van der Waals surface area contributed by atoms with Crippen molar-refractivity contribution in [3.8, 4) is 0 Å². The molecule has 0 aliphatic heterocycles. The summed E-state index contributed by atoms with van der Waals surface area (Å²) in [5.41, 5.74) is 2.19. The van der Waals surface area contributed by atoms with Crippen LogP contribution in [0.3, 0.4) is 0 Å². The van der Waals surface area contributed by atoms with E-state index < -0.39 is 6.09 Å². The first kappa shape index (κ1) is 14.8. The molecule has 0 heterocycles. The van der Waals surface area contributed by atoms with Gasteiger partial charge >= 0.3 is 6.09 Å². The van der Waals surface area contributed by atoms with Gasteiger partial charge in [-0.3, -0.25) is 0 Å². The predicted octanol–water partition coefficient (Wildman–Crippen LogP) is 3.95. The molecule has 104 valence electrons. The molecule has 2 rings (SSSR count). The van der Waals surface area contributed by atoms with Crippen LogP contribution in [-0.2, 0) is 4.74 Å².